The average Bonchev–Trinajstić information content (AvgIpc) is 3.13. The molecule has 3 heterocycles. The molecule has 0 aliphatic carbocycles. The van der Waals surface area contributed by atoms with Gasteiger partial charge in [-0.25, -0.2) is 18.3 Å². The summed E-state index contributed by atoms with van der Waals surface area (Å²) in [5.74, 6) is -0.857. The fourth-order valence-electron chi connectivity index (χ4n) is 3.51. The lowest BCUT2D eigenvalue weighted by atomic mass is 10.1. The zero-order valence-electron chi connectivity index (χ0n) is 16.6. The second-order valence-corrected chi connectivity index (χ2v) is 8.91. The zero-order chi connectivity index (χ0) is 20.4. The average molecular weight is 418 g/mol. The van der Waals surface area contributed by atoms with Crippen LogP contribution in [0.3, 0.4) is 0 Å². The number of rotatable bonds is 6. The van der Waals surface area contributed by atoms with Crippen molar-refractivity contribution in [1.29, 1.82) is 0 Å². The van der Waals surface area contributed by atoms with Gasteiger partial charge in [-0.1, -0.05) is 19.9 Å². The van der Waals surface area contributed by atoms with Crippen LogP contribution in [0.2, 0.25) is 0 Å². The molecular weight excluding hydrogens is 392 g/mol. The fraction of sp³-hybridized carbons (Fsp3) is 0.429. The molecular formula is C21H25F2N5S. The zero-order valence-corrected chi connectivity index (χ0v) is 17.4. The molecule has 0 radical (unpaired) electrons. The van der Waals surface area contributed by atoms with E-state index in [1.54, 1.807) is 11.8 Å². The van der Waals surface area contributed by atoms with Gasteiger partial charge in [0.1, 0.15) is 16.7 Å². The molecule has 2 aromatic heterocycles. The Balaban J connectivity index is 1.67. The van der Waals surface area contributed by atoms with Gasteiger partial charge in [0.2, 0.25) is 0 Å². The smallest absolute Gasteiger partial charge is 0.177 e. The number of fused-ring (bicyclic) bond motifs is 1. The first-order valence-corrected chi connectivity index (χ1v) is 10.8. The third-order valence-electron chi connectivity index (χ3n) is 5.15. The van der Waals surface area contributed by atoms with Crippen molar-refractivity contribution in [3.63, 3.8) is 0 Å². The van der Waals surface area contributed by atoms with E-state index < -0.39 is 11.6 Å². The van der Waals surface area contributed by atoms with Crippen molar-refractivity contribution in [2.75, 3.05) is 18.4 Å². The molecule has 2 N–H and O–H groups in total. The predicted molar refractivity (Wildman–Crippen MR) is 113 cm³/mol. The molecule has 0 spiro atoms. The van der Waals surface area contributed by atoms with Crippen LogP contribution in [0.25, 0.3) is 5.65 Å². The summed E-state index contributed by atoms with van der Waals surface area (Å²) < 4.78 is 29.9. The van der Waals surface area contributed by atoms with E-state index >= 15 is 0 Å². The van der Waals surface area contributed by atoms with Crippen molar-refractivity contribution in [1.82, 2.24) is 19.9 Å². The number of aromatic nitrogens is 3. The summed E-state index contributed by atoms with van der Waals surface area (Å²) in [6.45, 7) is 6.26. The van der Waals surface area contributed by atoms with Gasteiger partial charge in [-0.2, -0.15) is 5.10 Å². The number of nitrogens with zero attached hydrogens (tertiary/aromatic N) is 3. The summed E-state index contributed by atoms with van der Waals surface area (Å²) in [6, 6.07) is 5.86. The molecule has 0 unspecified atom stereocenters. The highest BCUT2D eigenvalue weighted by atomic mass is 32.2. The molecule has 0 saturated carbocycles. The Bertz CT molecular complexity index is 978. The van der Waals surface area contributed by atoms with Crippen LogP contribution in [0.5, 0.6) is 0 Å². The van der Waals surface area contributed by atoms with Crippen LogP contribution in [0, 0.1) is 11.6 Å². The summed E-state index contributed by atoms with van der Waals surface area (Å²) in [7, 11) is 0. The van der Waals surface area contributed by atoms with Gasteiger partial charge in [0.25, 0.3) is 0 Å². The second-order valence-electron chi connectivity index (χ2n) is 7.59. The topological polar surface area (TPSA) is 54.2 Å². The first-order chi connectivity index (χ1) is 14.0. The van der Waals surface area contributed by atoms with Crippen LogP contribution >= 0.6 is 11.8 Å². The van der Waals surface area contributed by atoms with Gasteiger partial charge in [-0.3, -0.25) is 0 Å². The monoisotopic (exact) mass is 417 g/mol. The lowest BCUT2D eigenvalue weighted by Crippen LogP contribution is -2.29. The van der Waals surface area contributed by atoms with Crippen LogP contribution in [-0.2, 0) is 6.54 Å². The summed E-state index contributed by atoms with van der Waals surface area (Å²) in [5.41, 5.74) is 2.42. The molecule has 5 nitrogen and oxygen atoms in total. The molecule has 154 valence electrons. The van der Waals surface area contributed by atoms with Crippen LogP contribution < -0.4 is 10.6 Å². The summed E-state index contributed by atoms with van der Waals surface area (Å²) >= 11 is 1.76. The second kappa shape index (κ2) is 8.67. The molecule has 8 heteroatoms. The highest BCUT2D eigenvalue weighted by Gasteiger charge is 2.19. The first-order valence-electron chi connectivity index (χ1n) is 9.95. The van der Waals surface area contributed by atoms with Crippen molar-refractivity contribution < 1.29 is 8.78 Å². The van der Waals surface area contributed by atoms with Crippen LogP contribution in [-0.4, -0.2) is 32.9 Å². The SMILES string of the molecule is CC(C)c1cnc2c(NCc3c(F)cccc3F)cc(SC3CCNCC3)nn12. The number of halogens is 2. The Labute approximate surface area is 173 Å². The molecule has 1 aromatic carbocycles. The number of anilines is 1. The lowest BCUT2D eigenvalue weighted by Gasteiger charge is -2.22. The fourth-order valence-corrected chi connectivity index (χ4v) is 4.64. The van der Waals surface area contributed by atoms with Gasteiger partial charge in [0, 0.05) is 17.4 Å². The number of imidazole rings is 1. The largest absolute Gasteiger partial charge is 0.378 e. The van der Waals surface area contributed by atoms with Gasteiger partial charge < -0.3 is 10.6 Å². The van der Waals surface area contributed by atoms with E-state index in [1.807, 2.05) is 16.8 Å². The number of hydrogen-bond acceptors (Lipinski definition) is 5. The molecule has 4 rings (SSSR count). The van der Waals surface area contributed by atoms with E-state index in [2.05, 4.69) is 29.5 Å². The minimum atomic E-state index is -0.557. The van der Waals surface area contributed by atoms with E-state index in [4.69, 9.17) is 5.10 Å². The number of benzene rings is 1. The molecule has 3 aromatic rings. The Hall–Kier alpha value is -2.19. The Morgan fingerprint density at radius 3 is 2.66 bits per heavy atom. The minimum Gasteiger partial charge on any atom is -0.378 e. The Morgan fingerprint density at radius 2 is 1.97 bits per heavy atom. The maximum absolute atomic E-state index is 14.0. The normalized spacial score (nSPS) is 15.3. The molecule has 0 atom stereocenters. The lowest BCUT2D eigenvalue weighted by molar-refractivity contribution is 0.531. The summed E-state index contributed by atoms with van der Waals surface area (Å²) in [5, 5.41) is 12.8. The standard InChI is InChI=1S/C21H25F2N5S/c1-13(2)19-12-26-21-18(25-11-15-16(22)4-3-5-17(15)23)10-20(27-28(19)21)29-14-6-8-24-9-7-14/h3-5,10,12-14,24-25H,6-9,11H2,1-2H3. The number of piperidine rings is 1. The van der Waals surface area contributed by atoms with Gasteiger partial charge in [-0.05, 0) is 50.0 Å². The van der Waals surface area contributed by atoms with E-state index in [0.29, 0.717) is 10.9 Å². The van der Waals surface area contributed by atoms with E-state index in [1.165, 1.54) is 18.2 Å². The van der Waals surface area contributed by atoms with Gasteiger partial charge in [-0.15, -0.1) is 11.8 Å². The number of hydrogen-bond donors (Lipinski definition) is 2. The molecule has 0 amide bonds. The molecule has 1 aliphatic rings. The maximum atomic E-state index is 14.0. The molecule has 29 heavy (non-hydrogen) atoms. The number of nitrogens with one attached hydrogen (secondary N) is 2. The van der Waals surface area contributed by atoms with Crippen LogP contribution in [0.1, 0.15) is 43.9 Å². The van der Waals surface area contributed by atoms with Crippen LogP contribution in [0.15, 0.2) is 35.5 Å². The van der Waals surface area contributed by atoms with Gasteiger partial charge in [0.05, 0.1) is 17.6 Å². The third-order valence-corrected chi connectivity index (χ3v) is 6.40. The van der Waals surface area contributed by atoms with Crippen molar-refractivity contribution >= 4 is 23.1 Å². The molecule has 0 bridgehead atoms. The summed E-state index contributed by atoms with van der Waals surface area (Å²) in [6.07, 6.45) is 4.00. The van der Waals surface area contributed by atoms with Gasteiger partial charge >= 0.3 is 0 Å². The number of thioether (sulfide) groups is 1. The third kappa shape index (κ3) is 4.38. The van der Waals surface area contributed by atoms with Crippen molar-refractivity contribution in [3.8, 4) is 0 Å². The van der Waals surface area contributed by atoms with Crippen molar-refractivity contribution in [2.24, 2.45) is 0 Å². The van der Waals surface area contributed by atoms with Crippen molar-refractivity contribution in [2.45, 2.75) is 49.4 Å². The Morgan fingerprint density at radius 1 is 1.24 bits per heavy atom. The van der Waals surface area contributed by atoms with E-state index in [0.717, 1.165) is 42.3 Å². The quantitative estimate of drug-likeness (QED) is 0.615. The van der Waals surface area contributed by atoms with Gasteiger partial charge in [0.15, 0.2) is 5.65 Å². The van der Waals surface area contributed by atoms with E-state index in [-0.39, 0.29) is 18.0 Å². The summed E-state index contributed by atoms with van der Waals surface area (Å²) in [4.78, 5) is 4.52. The van der Waals surface area contributed by atoms with E-state index in [9.17, 15) is 8.78 Å². The molecule has 1 saturated heterocycles. The van der Waals surface area contributed by atoms with Crippen molar-refractivity contribution in [3.05, 3.63) is 53.4 Å². The maximum Gasteiger partial charge on any atom is 0.177 e. The Kier molecular flexibility index (Phi) is 6.01. The minimum absolute atomic E-state index is 0.0191. The van der Waals surface area contributed by atoms with Crippen LogP contribution in [0.4, 0.5) is 14.5 Å². The molecule has 1 fully saturated rings. The highest BCUT2D eigenvalue weighted by molar-refractivity contribution is 7.99. The predicted octanol–water partition coefficient (Wildman–Crippen LogP) is 4.59. The highest BCUT2D eigenvalue weighted by Crippen LogP contribution is 2.31. The molecule has 1 aliphatic heterocycles. The first kappa shape index (κ1) is 20.1.